The van der Waals surface area contributed by atoms with E-state index < -0.39 is 0 Å². The van der Waals surface area contributed by atoms with Crippen LogP contribution in [0.15, 0.2) is 12.2 Å². The molecule has 1 amide bonds. The van der Waals surface area contributed by atoms with Crippen LogP contribution < -0.4 is 5.32 Å². The molecule has 2 N–H and O–H groups in total. The van der Waals surface area contributed by atoms with Gasteiger partial charge in [0.1, 0.15) is 0 Å². The topological polar surface area (TPSA) is 52.6 Å². The molecular weight excluding hydrogens is 336 g/mol. The van der Waals surface area contributed by atoms with E-state index in [0.29, 0.717) is 13.1 Å². The molecule has 0 aliphatic rings. The first-order valence-electron chi connectivity index (χ1n) is 11.4. The van der Waals surface area contributed by atoms with Crippen molar-refractivity contribution in [3.05, 3.63) is 12.2 Å². The van der Waals surface area contributed by atoms with Gasteiger partial charge in [0.15, 0.2) is 0 Å². The molecule has 4 heteroatoms. The maximum absolute atomic E-state index is 11.7. The van der Waals surface area contributed by atoms with Gasteiger partial charge in [0.05, 0.1) is 12.8 Å². The second-order valence-electron chi connectivity index (χ2n) is 7.85. The highest BCUT2D eigenvalue weighted by molar-refractivity contribution is 5.75. The molecule has 1 atom stereocenters. The third-order valence-electron chi connectivity index (χ3n) is 4.89. The van der Waals surface area contributed by atoms with Crippen LogP contribution >= 0.6 is 0 Å². The van der Waals surface area contributed by atoms with Crippen molar-refractivity contribution in [1.29, 1.82) is 0 Å². The smallest absolute Gasteiger partial charge is 0.220 e. The maximum atomic E-state index is 11.7. The Hall–Kier alpha value is -0.870. The predicted octanol–water partition coefficient (Wildman–Crippen LogP) is 5.41. The second-order valence-corrected chi connectivity index (χ2v) is 7.85. The minimum absolute atomic E-state index is 0.161. The molecule has 0 fully saturated rings. The molecule has 0 heterocycles. The van der Waals surface area contributed by atoms with Gasteiger partial charge in [-0.2, -0.15) is 0 Å². The Morgan fingerprint density at radius 2 is 1.67 bits per heavy atom. The first kappa shape index (κ1) is 26.1. The molecule has 0 aliphatic carbocycles. The van der Waals surface area contributed by atoms with Crippen LogP contribution in [-0.4, -0.2) is 42.3 Å². The van der Waals surface area contributed by atoms with Crippen molar-refractivity contribution in [2.24, 2.45) is 0 Å². The van der Waals surface area contributed by atoms with Crippen LogP contribution in [0.2, 0.25) is 0 Å². The van der Waals surface area contributed by atoms with Gasteiger partial charge < -0.3 is 10.4 Å². The monoisotopic (exact) mass is 382 g/mol. The zero-order chi connectivity index (χ0) is 20.2. The number of amides is 1. The van der Waals surface area contributed by atoms with Crippen molar-refractivity contribution in [3.8, 4) is 0 Å². The van der Waals surface area contributed by atoms with Crippen LogP contribution in [0.3, 0.4) is 0 Å². The highest BCUT2D eigenvalue weighted by Gasteiger charge is 2.03. The number of carbonyl (C=O) groups is 1. The summed E-state index contributed by atoms with van der Waals surface area (Å²) >= 11 is 0. The fraction of sp³-hybridized carbons (Fsp3) is 0.870. The number of aliphatic hydroxyl groups is 1. The molecule has 0 spiro atoms. The van der Waals surface area contributed by atoms with Crippen molar-refractivity contribution in [2.45, 2.75) is 110 Å². The average Bonchev–Trinajstić information content (AvgIpc) is 2.65. The minimum atomic E-state index is -0.161. The zero-order valence-corrected chi connectivity index (χ0v) is 18.3. The van der Waals surface area contributed by atoms with Gasteiger partial charge in [0, 0.05) is 6.42 Å². The van der Waals surface area contributed by atoms with Crippen LogP contribution in [0.4, 0.5) is 0 Å². The fourth-order valence-electron chi connectivity index (χ4n) is 3.15. The Bertz CT molecular complexity index is 358. The summed E-state index contributed by atoms with van der Waals surface area (Å²) in [4.78, 5) is 13.9. The summed E-state index contributed by atoms with van der Waals surface area (Å²) < 4.78 is 0. The Morgan fingerprint density at radius 1 is 0.963 bits per heavy atom. The Balaban J connectivity index is 3.37. The average molecular weight is 383 g/mol. The van der Waals surface area contributed by atoms with Gasteiger partial charge >= 0.3 is 0 Å². The molecule has 27 heavy (non-hydrogen) atoms. The number of aliphatic hydroxyl groups excluding tert-OH is 1. The third-order valence-corrected chi connectivity index (χ3v) is 4.89. The number of hydrogen-bond donors (Lipinski definition) is 2. The number of nitrogens with one attached hydrogen (secondary N) is 1. The van der Waals surface area contributed by atoms with E-state index in [4.69, 9.17) is 0 Å². The summed E-state index contributed by atoms with van der Waals surface area (Å²) in [7, 11) is 2.03. The summed E-state index contributed by atoms with van der Waals surface area (Å²) in [6.45, 7) is 6.04. The molecule has 0 saturated heterocycles. The van der Waals surface area contributed by atoms with Gasteiger partial charge in [0.2, 0.25) is 5.91 Å². The first-order chi connectivity index (χ1) is 13.1. The number of rotatable bonds is 19. The van der Waals surface area contributed by atoms with Crippen molar-refractivity contribution in [3.63, 3.8) is 0 Å². The molecule has 160 valence electrons. The van der Waals surface area contributed by atoms with E-state index in [2.05, 4.69) is 36.2 Å². The van der Waals surface area contributed by atoms with Crippen molar-refractivity contribution >= 4 is 5.91 Å². The highest BCUT2D eigenvalue weighted by Crippen LogP contribution is 2.10. The summed E-state index contributed by atoms with van der Waals surface area (Å²) in [5.74, 6) is 0.175. The van der Waals surface area contributed by atoms with Crippen LogP contribution in [0.25, 0.3) is 0 Å². The molecule has 0 aromatic carbocycles. The van der Waals surface area contributed by atoms with Gasteiger partial charge in [-0.25, -0.2) is 0 Å². The molecular formula is C23H46N2O2. The Labute approximate surface area is 168 Å². The number of carbonyl (C=O) groups excluding carboxylic acids is 1. The van der Waals surface area contributed by atoms with Crippen LogP contribution in [0.1, 0.15) is 104 Å². The van der Waals surface area contributed by atoms with Crippen molar-refractivity contribution in [2.75, 3.05) is 20.3 Å². The number of unbranched alkanes of at least 4 members (excludes halogenated alkanes) is 8. The second kappa shape index (κ2) is 19.9. The largest absolute Gasteiger partial charge is 0.393 e. The number of allylic oxidation sites excluding steroid dienone is 1. The number of nitrogens with zero attached hydrogens (tertiary/aromatic N) is 1. The standard InChI is InChI=1S/C23H46N2O2/c1-4-6-7-14-17-22(26)18-15-12-10-8-9-11-13-16-19-23(27)24-21-25(3)20-5-2/h12,15,22,26H,4-11,13-14,16-21H2,1-3H3,(H,24,27)/b15-12-/t22-/m1/s1. The summed E-state index contributed by atoms with van der Waals surface area (Å²) in [6.07, 6.45) is 19.5. The third kappa shape index (κ3) is 19.7. The van der Waals surface area contributed by atoms with E-state index in [9.17, 15) is 9.90 Å². The lowest BCUT2D eigenvalue weighted by Gasteiger charge is -2.16. The molecule has 0 saturated carbocycles. The normalized spacial score (nSPS) is 12.8. The van der Waals surface area contributed by atoms with Crippen LogP contribution in [-0.2, 0) is 4.79 Å². The lowest BCUT2D eigenvalue weighted by molar-refractivity contribution is -0.121. The summed E-state index contributed by atoms with van der Waals surface area (Å²) in [6, 6.07) is 0. The molecule has 4 nitrogen and oxygen atoms in total. The van der Waals surface area contributed by atoms with Crippen LogP contribution in [0.5, 0.6) is 0 Å². The van der Waals surface area contributed by atoms with Crippen molar-refractivity contribution in [1.82, 2.24) is 10.2 Å². The molecule has 0 unspecified atom stereocenters. The van der Waals surface area contributed by atoms with E-state index >= 15 is 0 Å². The highest BCUT2D eigenvalue weighted by atomic mass is 16.3. The SMILES string of the molecule is CCCCCC[C@@H](O)C/C=C\CCCCCCCC(=O)NCN(C)CCC. The molecule has 0 aromatic rings. The van der Waals surface area contributed by atoms with Gasteiger partial charge in [-0.3, -0.25) is 9.69 Å². The van der Waals surface area contributed by atoms with E-state index in [1.54, 1.807) is 0 Å². The van der Waals surface area contributed by atoms with Crippen LogP contribution in [0, 0.1) is 0 Å². The molecule has 0 rings (SSSR count). The maximum Gasteiger partial charge on any atom is 0.220 e. The minimum Gasteiger partial charge on any atom is -0.393 e. The predicted molar refractivity (Wildman–Crippen MR) is 117 cm³/mol. The number of hydrogen-bond acceptors (Lipinski definition) is 3. The van der Waals surface area contributed by atoms with Crippen molar-refractivity contribution < 1.29 is 9.90 Å². The molecule has 0 aliphatic heterocycles. The zero-order valence-electron chi connectivity index (χ0n) is 18.3. The van der Waals surface area contributed by atoms with Gasteiger partial charge in [-0.1, -0.05) is 70.9 Å². The Kier molecular flexibility index (Phi) is 19.2. The van der Waals surface area contributed by atoms with E-state index in [0.717, 1.165) is 51.5 Å². The molecule has 0 aromatic heterocycles. The summed E-state index contributed by atoms with van der Waals surface area (Å²) in [5.41, 5.74) is 0. The molecule has 0 radical (unpaired) electrons. The summed E-state index contributed by atoms with van der Waals surface area (Å²) in [5, 5.41) is 12.9. The van der Waals surface area contributed by atoms with Gasteiger partial charge in [-0.05, 0) is 52.1 Å². The Morgan fingerprint density at radius 3 is 2.41 bits per heavy atom. The lowest BCUT2D eigenvalue weighted by atomic mass is 10.1. The fourth-order valence-corrected chi connectivity index (χ4v) is 3.15. The van der Waals surface area contributed by atoms with Gasteiger partial charge in [0.25, 0.3) is 0 Å². The van der Waals surface area contributed by atoms with E-state index in [1.807, 2.05) is 7.05 Å². The molecule has 0 bridgehead atoms. The quantitative estimate of drug-likeness (QED) is 0.178. The van der Waals surface area contributed by atoms with E-state index in [-0.39, 0.29) is 12.0 Å². The first-order valence-corrected chi connectivity index (χ1v) is 11.4. The lowest BCUT2D eigenvalue weighted by Crippen LogP contribution is -2.35. The van der Waals surface area contributed by atoms with Gasteiger partial charge in [-0.15, -0.1) is 0 Å². The van der Waals surface area contributed by atoms with E-state index in [1.165, 1.54) is 38.5 Å².